The molecule has 0 aliphatic heterocycles. The van der Waals surface area contributed by atoms with Crippen molar-refractivity contribution in [2.45, 2.75) is 51.6 Å². The molecule has 1 aromatic carbocycles. The van der Waals surface area contributed by atoms with Gasteiger partial charge in [0.2, 0.25) is 0 Å². The Balaban J connectivity index is 1.82. The first-order valence-electron chi connectivity index (χ1n) is 7.29. The molecule has 2 atom stereocenters. The predicted molar refractivity (Wildman–Crippen MR) is 76.8 cm³/mol. The smallest absolute Gasteiger partial charge is 0.164 e. The minimum absolute atomic E-state index is 0.233. The van der Waals surface area contributed by atoms with E-state index in [-0.39, 0.29) is 11.9 Å². The number of Topliss-reactive ketones (excluding diaryl/α,β-unsaturated/α-hetero) is 1. The Morgan fingerprint density at radius 2 is 2.11 bits per heavy atom. The zero-order valence-corrected chi connectivity index (χ0v) is 11.6. The summed E-state index contributed by atoms with van der Waals surface area (Å²) in [5, 5.41) is 0. The highest BCUT2D eigenvalue weighted by atomic mass is 16.7. The summed E-state index contributed by atoms with van der Waals surface area (Å²) in [4.78, 5) is 17.5. The number of rotatable bonds is 6. The first-order valence-corrected chi connectivity index (χ1v) is 7.29. The fourth-order valence-corrected chi connectivity index (χ4v) is 2.57. The molecule has 0 amide bonds. The van der Waals surface area contributed by atoms with Gasteiger partial charge in [0.05, 0.1) is 5.69 Å². The van der Waals surface area contributed by atoms with Gasteiger partial charge in [0.25, 0.3) is 0 Å². The Labute approximate surface area is 115 Å². The van der Waals surface area contributed by atoms with E-state index in [0.29, 0.717) is 12.3 Å². The van der Waals surface area contributed by atoms with Crippen LogP contribution >= 0.6 is 0 Å². The molecule has 1 aliphatic rings. The molecule has 0 saturated heterocycles. The minimum atomic E-state index is -0.282. The number of nitrogens with one attached hydrogen (secondary N) is 1. The van der Waals surface area contributed by atoms with Gasteiger partial charge in [-0.2, -0.15) is 0 Å². The largest absolute Gasteiger partial charge is 0.297 e. The van der Waals surface area contributed by atoms with Gasteiger partial charge in [-0.3, -0.25) is 15.1 Å². The fourth-order valence-electron chi connectivity index (χ4n) is 2.57. The highest BCUT2D eigenvalue weighted by Crippen LogP contribution is 2.28. The number of benzene rings is 1. The van der Waals surface area contributed by atoms with Crippen LogP contribution in [0.3, 0.4) is 0 Å². The maximum Gasteiger partial charge on any atom is 0.164 e. The monoisotopic (exact) mass is 261 g/mol. The minimum Gasteiger partial charge on any atom is -0.297 e. The van der Waals surface area contributed by atoms with Gasteiger partial charge in [-0.15, -0.1) is 0 Å². The number of hydrogen-bond donors (Lipinski definition) is 1. The Bertz CT molecular complexity index is 391. The van der Waals surface area contributed by atoms with E-state index in [1.54, 1.807) is 0 Å². The highest BCUT2D eigenvalue weighted by Gasteiger charge is 2.29. The van der Waals surface area contributed by atoms with Crippen LogP contribution < -0.4 is 5.48 Å². The maximum atomic E-state index is 11.9. The van der Waals surface area contributed by atoms with E-state index < -0.39 is 0 Å². The second kappa shape index (κ2) is 7.29. The summed E-state index contributed by atoms with van der Waals surface area (Å²) in [7, 11) is 0. The molecule has 19 heavy (non-hydrogen) atoms. The third-order valence-electron chi connectivity index (χ3n) is 3.76. The van der Waals surface area contributed by atoms with Gasteiger partial charge in [-0.1, -0.05) is 44.4 Å². The molecule has 0 unspecified atom stereocenters. The first kappa shape index (κ1) is 14.1. The summed E-state index contributed by atoms with van der Waals surface area (Å²) in [6.45, 7) is 2.21. The molecular weight excluding hydrogens is 238 g/mol. The van der Waals surface area contributed by atoms with Crippen molar-refractivity contribution in [1.82, 2.24) is 0 Å². The first-order chi connectivity index (χ1) is 9.29. The van der Waals surface area contributed by atoms with Crippen molar-refractivity contribution in [1.29, 1.82) is 0 Å². The van der Waals surface area contributed by atoms with E-state index in [1.807, 2.05) is 30.3 Å². The standard InChI is InChI=1S/C16H23NO2/c1-2-3-7-13-10-11-15(18)16(12-13)19-17-14-8-5-4-6-9-14/h4-6,8-9,13,16-17H,2-3,7,10-12H2,1H3/t13-,16-/m1/s1. The maximum absolute atomic E-state index is 11.9. The van der Waals surface area contributed by atoms with Crippen LogP contribution in [0, 0.1) is 5.92 Å². The lowest BCUT2D eigenvalue weighted by molar-refractivity contribution is -0.132. The molecule has 3 nitrogen and oxygen atoms in total. The Morgan fingerprint density at radius 1 is 1.32 bits per heavy atom. The molecule has 1 saturated carbocycles. The van der Waals surface area contributed by atoms with Crippen molar-refractivity contribution in [3.05, 3.63) is 30.3 Å². The molecule has 3 heteroatoms. The molecule has 1 N–H and O–H groups in total. The zero-order chi connectivity index (χ0) is 13.5. The fraction of sp³-hybridized carbons (Fsp3) is 0.562. The molecule has 1 fully saturated rings. The normalized spacial score (nSPS) is 23.3. The second-order valence-electron chi connectivity index (χ2n) is 5.32. The van der Waals surface area contributed by atoms with Gasteiger partial charge in [0.1, 0.15) is 6.10 Å². The van der Waals surface area contributed by atoms with Gasteiger partial charge >= 0.3 is 0 Å². The van der Waals surface area contributed by atoms with Gasteiger partial charge in [-0.25, -0.2) is 0 Å². The molecule has 0 heterocycles. The van der Waals surface area contributed by atoms with Crippen molar-refractivity contribution in [3.63, 3.8) is 0 Å². The summed E-state index contributed by atoms with van der Waals surface area (Å²) in [5.74, 6) is 0.872. The summed E-state index contributed by atoms with van der Waals surface area (Å²) < 4.78 is 0. The Hall–Kier alpha value is -1.35. The number of ketones is 1. The van der Waals surface area contributed by atoms with Crippen molar-refractivity contribution in [2.24, 2.45) is 5.92 Å². The molecular formula is C16H23NO2. The molecule has 1 aliphatic carbocycles. The number of hydrogen-bond acceptors (Lipinski definition) is 3. The van der Waals surface area contributed by atoms with E-state index in [1.165, 1.54) is 19.3 Å². The molecule has 0 aromatic heterocycles. The van der Waals surface area contributed by atoms with Crippen molar-refractivity contribution < 1.29 is 9.63 Å². The van der Waals surface area contributed by atoms with Gasteiger partial charge in [0.15, 0.2) is 5.78 Å². The van der Waals surface area contributed by atoms with Crippen molar-refractivity contribution in [3.8, 4) is 0 Å². The number of carbonyl (C=O) groups is 1. The van der Waals surface area contributed by atoms with E-state index in [2.05, 4.69) is 12.4 Å². The molecule has 1 aromatic rings. The van der Waals surface area contributed by atoms with E-state index >= 15 is 0 Å². The quantitative estimate of drug-likeness (QED) is 0.788. The van der Waals surface area contributed by atoms with Crippen LogP contribution in [0.5, 0.6) is 0 Å². The lowest BCUT2D eigenvalue weighted by Crippen LogP contribution is -2.33. The Morgan fingerprint density at radius 3 is 2.84 bits per heavy atom. The number of carbonyl (C=O) groups excluding carboxylic acids is 1. The van der Waals surface area contributed by atoms with Gasteiger partial charge in [-0.05, 0) is 30.9 Å². The number of anilines is 1. The van der Waals surface area contributed by atoms with Crippen LogP contribution in [-0.4, -0.2) is 11.9 Å². The average Bonchev–Trinajstić information content (AvgIpc) is 2.46. The summed E-state index contributed by atoms with van der Waals surface area (Å²) in [6.07, 6.45) is 5.96. The molecule has 104 valence electrons. The lowest BCUT2D eigenvalue weighted by Gasteiger charge is -2.27. The van der Waals surface area contributed by atoms with Crippen LogP contribution in [0.2, 0.25) is 0 Å². The number of unbranched alkanes of at least 4 members (excludes halogenated alkanes) is 1. The van der Waals surface area contributed by atoms with Gasteiger partial charge < -0.3 is 0 Å². The van der Waals surface area contributed by atoms with E-state index in [0.717, 1.165) is 18.5 Å². The van der Waals surface area contributed by atoms with Crippen LogP contribution in [0.15, 0.2) is 30.3 Å². The topological polar surface area (TPSA) is 38.3 Å². The number of para-hydroxylation sites is 1. The van der Waals surface area contributed by atoms with Crippen molar-refractivity contribution >= 4 is 11.5 Å². The molecule has 2 rings (SSSR count). The van der Waals surface area contributed by atoms with Gasteiger partial charge in [0, 0.05) is 6.42 Å². The lowest BCUT2D eigenvalue weighted by atomic mass is 9.83. The summed E-state index contributed by atoms with van der Waals surface area (Å²) in [5.41, 5.74) is 3.80. The SMILES string of the molecule is CCCC[C@@H]1CCC(=O)[C@H](ONc2ccccc2)C1. The van der Waals surface area contributed by atoms with Crippen LogP contribution in [0.4, 0.5) is 5.69 Å². The summed E-state index contributed by atoms with van der Waals surface area (Å²) in [6, 6.07) is 9.71. The van der Waals surface area contributed by atoms with Crippen LogP contribution in [0.25, 0.3) is 0 Å². The Kier molecular flexibility index (Phi) is 5.40. The molecule has 0 bridgehead atoms. The van der Waals surface area contributed by atoms with E-state index in [4.69, 9.17) is 4.84 Å². The van der Waals surface area contributed by atoms with E-state index in [9.17, 15) is 4.79 Å². The highest BCUT2D eigenvalue weighted by molar-refractivity contribution is 5.83. The summed E-state index contributed by atoms with van der Waals surface area (Å²) >= 11 is 0. The zero-order valence-electron chi connectivity index (χ0n) is 11.6. The van der Waals surface area contributed by atoms with Crippen LogP contribution in [0.1, 0.15) is 45.4 Å². The van der Waals surface area contributed by atoms with Crippen molar-refractivity contribution in [2.75, 3.05) is 5.48 Å². The predicted octanol–water partition coefficient (Wildman–Crippen LogP) is 3.96. The third kappa shape index (κ3) is 4.35. The third-order valence-corrected chi connectivity index (χ3v) is 3.76. The molecule has 0 radical (unpaired) electrons. The second-order valence-corrected chi connectivity index (χ2v) is 5.32. The average molecular weight is 261 g/mol. The van der Waals surface area contributed by atoms with Crippen LogP contribution in [-0.2, 0) is 9.63 Å². The molecule has 0 spiro atoms.